The van der Waals surface area contributed by atoms with Crippen LogP contribution in [0.3, 0.4) is 0 Å². The Morgan fingerprint density at radius 2 is 2.18 bits per heavy atom. The van der Waals surface area contributed by atoms with E-state index in [1.807, 2.05) is 0 Å². The van der Waals surface area contributed by atoms with E-state index in [1.54, 1.807) is 0 Å². The maximum Gasteiger partial charge on any atom is 0.345 e. The average Bonchev–Trinajstić information content (AvgIpc) is 2.28. The number of aliphatic carboxylic acids is 1. The summed E-state index contributed by atoms with van der Waals surface area (Å²) in [6.07, 6.45) is 0.266. The molecule has 6 nitrogen and oxygen atoms in total. The Morgan fingerprint density at radius 1 is 1.47 bits per heavy atom. The molecule has 0 aliphatic rings. The summed E-state index contributed by atoms with van der Waals surface area (Å²) in [5.74, 6) is -3.11. The van der Waals surface area contributed by atoms with Crippen molar-refractivity contribution < 1.29 is 28.9 Å². The van der Waals surface area contributed by atoms with E-state index >= 15 is 0 Å². The van der Waals surface area contributed by atoms with Crippen LogP contribution in [0.1, 0.15) is 16.8 Å². The number of ether oxygens (including phenoxy) is 1. The second kappa shape index (κ2) is 5.90. The lowest BCUT2D eigenvalue weighted by Crippen LogP contribution is -2.28. The minimum Gasteiger partial charge on any atom is -0.479 e. The van der Waals surface area contributed by atoms with Gasteiger partial charge in [0.05, 0.1) is 11.8 Å². The topological polar surface area (TPSA) is 96.7 Å². The fourth-order valence-corrected chi connectivity index (χ4v) is 1.07. The van der Waals surface area contributed by atoms with E-state index in [9.17, 15) is 14.0 Å². The lowest BCUT2D eigenvalue weighted by molar-refractivity contribution is -0.147. The molecule has 7 heteroatoms. The van der Waals surface area contributed by atoms with Crippen LogP contribution >= 0.6 is 0 Å². The van der Waals surface area contributed by atoms with Gasteiger partial charge in [0.2, 0.25) is 6.10 Å². The lowest BCUT2D eigenvalue weighted by atomic mass is 10.2. The summed E-state index contributed by atoms with van der Waals surface area (Å²) in [6, 6.07) is 0.882. The van der Waals surface area contributed by atoms with Gasteiger partial charge in [-0.25, -0.2) is 14.0 Å². The molecule has 0 saturated heterocycles. The van der Waals surface area contributed by atoms with E-state index in [4.69, 9.17) is 10.2 Å². The molecule has 1 heterocycles. The third-order valence-electron chi connectivity index (χ3n) is 1.86. The van der Waals surface area contributed by atoms with Crippen molar-refractivity contribution in [3.8, 4) is 0 Å². The Bertz CT molecular complexity index is 423. The molecule has 1 unspecified atom stereocenters. The summed E-state index contributed by atoms with van der Waals surface area (Å²) in [6.45, 7) is -0.439. The number of carbonyl (C=O) groups is 2. The summed E-state index contributed by atoms with van der Waals surface area (Å²) in [7, 11) is 0. The molecule has 0 spiro atoms. The minimum absolute atomic E-state index is 0.186. The number of pyridine rings is 1. The SMILES string of the molecule is O=C(OC(CCO)C(=O)O)c1cncc(F)c1. The van der Waals surface area contributed by atoms with Gasteiger partial charge in [0.15, 0.2) is 0 Å². The number of hydrogen-bond acceptors (Lipinski definition) is 5. The van der Waals surface area contributed by atoms with Gasteiger partial charge in [-0.2, -0.15) is 0 Å². The second-order valence-corrected chi connectivity index (χ2v) is 3.14. The number of halogens is 1. The summed E-state index contributed by atoms with van der Waals surface area (Å²) < 4.78 is 17.3. The Balaban J connectivity index is 2.73. The van der Waals surface area contributed by atoms with E-state index in [0.717, 1.165) is 18.5 Å². The molecule has 1 atom stereocenters. The Kier molecular flexibility index (Phi) is 4.53. The van der Waals surface area contributed by atoms with Gasteiger partial charge in [0, 0.05) is 19.2 Å². The van der Waals surface area contributed by atoms with Crippen LogP contribution in [-0.4, -0.2) is 39.8 Å². The zero-order chi connectivity index (χ0) is 12.8. The van der Waals surface area contributed by atoms with E-state index in [1.165, 1.54) is 0 Å². The number of carbonyl (C=O) groups excluding carboxylic acids is 1. The van der Waals surface area contributed by atoms with Crippen LogP contribution in [0.5, 0.6) is 0 Å². The first-order valence-electron chi connectivity index (χ1n) is 4.69. The summed E-state index contributed by atoms with van der Waals surface area (Å²) in [5.41, 5.74) is -0.186. The fraction of sp³-hybridized carbons (Fsp3) is 0.300. The molecule has 0 aliphatic heterocycles. The highest BCUT2D eigenvalue weighted by Gasteiger charge is 2.22. The van der Waals surface area contributed by atoms with Crippen molar-refractivity contribution in [2.24, 2.45) is 0 Å². The third-order valence-corrected chi connectivity index (χ3v) is 1.86. The maximum absolute atomic E-state index is 12.7. The van der Waals surface area contributed by atoms with Crippen LogP contribution in [-0.2, 0) is 9.53 Å². The number of aliphatic hydroxyl groups excluding tert-OH is 1. The van der Waals surface area contributed by atoms with Crippen molar-refractivity contribution in [3.05, 3.63) is 29.8 Å². The van der Waals surface area contributed by atoms with Crippen molar-refractivity contribution >= 4 is 11.9 Å². The van der Waals surface area contributed by atoms with E-state index in [-0.39, 0.29) is 12.0 Å². The predicted molar refractivity (Wildman–Crippen MR) is 52.7 cm³/mol. The van der Waals surface area contributed by atoms with E-state index < -0.39 is 30.5 Å². The van der Waals surface area contributed by atoms with Crippen LogP contribution in [0.2, 0.25) is 0 Å². The van der Waals surface area contributed by atoms with Crippen molar-refractivity contribution in [1.29, 1.82) is 0 Å². The number of carboxylic acid groups (broad SMARTS) is 1. The minimum atomic E-state index is -1.46. The highest BCUT2D eigenvalue weighted by molar-refractivity contribution is 5.90. The molecule has 1 rings (SSSR count). The number of esters is 1. The van der Waals surface area contributed by atoms with Crippen molar-refractivity contribution in [2.45, 2.75) is 12.5 Å². The second-order valence-electron chi connectivity index (χ2n) is 3.14. The van der Waals surface area contributed by atoms with E-state index in [2.05, 4.69) is 9.72 Å². The molecule has 0 saturated carbocycles. The monoisotopic (exact) mass is 243 g/mol. The van der Waals surface area contributed by atoms with Gasteiger partial charge >= 0.3 is 11.9 Å². The standard InChI is InChI=1S/C10H10FNO5/c11-7-3-6(4-12-5-7)10(16)17-8(1-2-13)9(14)15/h3-5,8,13H,1-2H2,(H,14,15). The van der Waals surface area contributed by atoms with Gasteiger partial charge in [-0.3, -0.25) is 4.98 Å². The first-order valence-corrected chi connectivity index (χ1v) is 4.69. The largest absolute Gasteiger partial charge is 0.479 e. The molecule has 17 heavy (non-hydrogen) atoms. The van der Waals surface area contributed by atoms with Gasteiger partial charge in [-0.15, -0.1) is 0 Å². The molecule has 92 valence electrons. The molecule has 0 aliphatic carbocycles. The van der Waals surface area contributed by atoms with E-state index in [0.29, 0.717) is 0 Å². The van der Waals surface area contributed by atoms with Crippen molar-refractivity contribution in [1.82, 2.24) is 4.98 Å². The van der Waals surface area contributed by atoms with Crippen LogP contribution in [0.25, 0.3) is 0 Å². The van der Waals surface area contributed by atoms with Crippen molar-refractivity contribution in [3.63, 3.8) is 0 Å². The highest BCUT2D eigenvalue weighted by atomic mass is 19.1. The molecule has 0 radical (unpaired) electrons. The van der Waals surface area contributed by atoms with Crippen LogP contribution in [0, 0.1) is 5.82 Å². The summed E-state index contributed by atoms with van der Waals surface area (Å²) in [4.78, 5) is 25.5. The smallest absolute Gasteiger partial charge is 0.345 e. The molecule has 0 aromatic carbocycles. The molecular formula is C10H10FNO5. The van der Waals surface area contributed by atoms with Crippen LogP contribution in [0.15, 0.2) is 18.5 Å². The molecule has 0 bridgehead atoms. The Morgan fingerprint density at radius 3 is 2.71 bits per heavy atom. The van der Waals surface area contributed by atoms with Gasteiger partial charge in [-0.05, 0) is 6.07 Å². The molecule has 0 fully saturated rings. The fourth-order valence-electron chi connectivity index (χ4n) is 1.07. The quantitative estimate of drug-likeness (QED) is 0.718. The third kappa shape index (κ3) is 3.80. The molecular weight excluding hydrogens is 233 g/mol. The number of carboxylic acids is 1. The molecule has 1 aromatic heterocycles. The van der Waals surface area contributed by atoms with Gasteiger partial charge in [0.1, 0.15) is 5.82 Å². The van der Waals surface area contributed by atoms with Crippen LogP contribution < -0.4 is 0 Å². The first kappa shape index (κ1) is 13.0. The predicted octanol–water partition coefficient (Wildman–Crippen LogP) is 0.213. The highest BCUT2D eigenvalue weighted by Crippen LogP contribution is 2.07. The molecule has 1 aromatic rings. The summed E-state index contributed by atoms with van der Waals surface area (Å²) in [5, 5.41) is 17.3. The number of aliphatic hydroxyl groups is 1. The maximum atomic E-state index is 12.7. The number of rotatable bonds is 5. The number of aromatic nitrogens is 1. The number of nitrogens with zero attached hydrogens (tertiary/aromatic N) is 1. The molecule has 2 N–H and O–H groups in total. The van der Waals surface area contributed by atoms with Crippen LogP contribution in [0.4, 0.5) is 4.39 Å². The first-order chi connectivity index (χ1) is 8.04. The van der Waals surface area contributed by atoms with Gasteiger partial charge in [-0.1, -0.05) is 0 Å². The Labute approximate surface area is 95.7 Å². The number of hydrogen-bond donors (Lipinski definition) is 2. The average molecular weight is 243 g/mol. The van der Waals surface area contributed by atoms with Gasteiger partial charge < -0.3 is 14.9 Å². The Hall–Kier alpha value is -2.02. The normalized spacial score (nSPS) is 11.9. The molecule has 0 amide bonds. The zero-order valence-corrected chi connectivity index (χ0v) is 8.67. The summed E-state index contributed by atoms with van der Waals surface area (Å²) >= 11 is 0. The lowest BCUT2D eigenvalue weighted by Gasteiger charge is -2.12. The zero-order valence-electron chi connectivity index (χ0n) is 8.67. The van der Waals surface area contributed by atoms with Gasteiger partial charge in [0.25, 0.3) is 0 Å². The van der Waals surface area contributed by atoms with Crippen molar-refractivity contribution in [2.75, 3.05) is 6.61 Å².